The molecule has 1 aromatic carbocycles. The first-order chi connectivity index (χ1) is 11.2. The van der Waals surface area contributed by atoms with E-state index in [1.165, 1.54) is 37.0 Å². The number of carbonyl (C=O) groups excluding carboxylic acids is 1. The van der Waals surface area contributed by atoms with Gasteiger partial charge in [0.15, 0.2) is 5.13 Å². The fourth-order valence-electron chi connectivity index (χ4n) is 3.80. The maximum absolute atomic E-state index is 12.5. The van der Waals surface area contributed by atoms with Gasteiger partial charge in [-0.05, 0) is 43.4 Å². The molecule has 1 amide bonds. The van der Waals surface area contributed by atoms with Crippen molar-refractivity contribution in [1.29, 1.82) is 0 Å². The highest BCUT2D eigenvalue weighted by molar-refractivity contribution is 7.22. The molecule has 1 saturated carbocycles. The van der Waals surface area contributed by atoms with Gasteiger partial charge in [-0.1, -0.05) is 24.2 Å². The maximum atomic E-state index is 12.5. The molecule has 1 aliphatic heterocycles. The molecule has 1 aliphatic carbocycles. The van der Waals surface area contributed by atoms with Crippen molar-refractivity contribution in [3.63, 3.8) is 0 Å². The summed E-state index contributed by atoms with van der Waals surface area (Å²) in [5, 5.41) is 7.16. The van der Waals surface area contributed by atoms with Crippen molar-refractivity contribution in [3.8, 4) is 5.75 Å². The third kappa shape index (κ3) is 2.93. The van der Waals surface area contributed by atoms with Crippen LogP contribution in [0.3, 0.4) is 0 Å². The molecule has 23 heavy (non-hydrogen) atoms. The first-order valence-corrected chi connectivity index (χ1v) is 9.06. The van der Waals surface area contributed by atoms with E-state index in [-0.39, 0.29) is 11.9 Å². The first-order valence-electron chi connectivity index (χ1n) is 8.24. The van der Waals surface area contributed by atoms with Crippen molar-refractivity contribution in [2.45, 2.75) is 44.2 Å². The van der Waals surface area contributed by atoms with E-state index in [1.54, 1.807) is 7.11 Å². The van der Waals surface area contributed by atoms with Gasteiger partial charge in [0.1, 0.15) is 5.75 Å². The number of hydrogen-bond acceptors (Lipinski definition) is 5. The number of fused-ring (bicyclic) bond motifs is 2. The van der Waals surface area contributed by atoms with Gasteiger partial charge in [0, 0.05) is 6.04 Å². The molecule has 2 aliphatic rings. The first kappa shape index (κ1) is 14.9. The van der Waals surface area contributed by atoms with Gasteiger partial charge < -0.3 is 15.4 Å². The fraction of sp³-hybridized carbons (Fsp3) is 0.529. The summed E-state index contributed by atoms with van der Waals surface area (Å²) in [7, 11) is 1.65. The van der Waals surface area contributed by atoms with Crippen LogP contribution in [-0.2, 0) is 4.79 Å². The molecule has 3 unspecified atom stereocenters. The lowest BCUT2D eigenvalue weighted by Crippen LogP contribution is -2.39. The average molecular weight is 331 g/mol. The summed E-state index contributed by atoms with van der Waals surface area (Å²) in [5.74, 6) is 1.52. The van der Waals surface area contributed by atoms with Crippen molar-refractivity contribution < 1.29 is 9.53 Å². The monoisotopic (exact) mass is 331 g/mol. The summed E-state index contributed by atoms with van der Waals surface area (Å²) in [6.45, 7) is 0. The SMILES string of the molecule is COc1ccc2nc(NC(=O)C3CC4CCCCC4N3)sc2c1. The number of benzene rings is 1. The number of nitrogens with zero attached hydrogens (tertiary/aromatic N) is 1. The van der Waals surface area contributed by atoms with Crippen LogP contribution in [0.2, 0.25) is 0 Å². The van der Waals surface area contributed by atoms with Crippen molar-refractivity contribution >= 4 is 32.6 Å². The second-order valence-electron chi connectivity index (χ2n) is 6.45. The Labute approximate surface area is 139 Å². The van der Waals surface area contributed by atoms with Crippen LogP contribution >= 0.6 is 11.3 Å². The van der Waals surface area contributed by atoms with E-state index in [9.17, 15) is 4.79 Å². The number of hydrogen-bond donors (Lipinski definition) is 2. The molecule has 1 aromatic heterocycles. The summed E-state index contributed by atoms with van der Waals surface area (Å²) in [5.41, 5.74) is 0.888. The lowest BCUT2D eigenvalue weighted by molar-refractivity contribution is -0.117. The predicted octanol–water partition coefficient (Wildman–Crippen LogP) is 3.16. The quantitative estimate of drug-likeness (QED) is 0.907. The lowest BCUT2D eigenvalue weighted by Gasteiger charge is -2.24. The Morgan fingerprint density at radius 2 is 2.26 bits per heavy atom. The van der Waals surface area contributed by atoms with Crippen molar-refractivity contribution in [1.82, 2.24) is 10.3 Å². The highest BCUT2D eigenvalue weighted by Crippen LogP contribution is 2.34. The van der Waals surface area contributed by atoms with Gasteiger partial charge in [-0.15, -0.1) is 0 Å². The van der Waals surface area contributed by atoms with E-state index in [1.807, 2.05) is 18.2 Å². The Morgan fingerprint density at radius 3 is 3.09 bits per heavy atom. The van der Waals surface area contributed by atoms with Crippen LogP contribution in [0.15, 0.2) is 18.2 Å². The zero-order valence-corrected chi connectivity index (χ0v) is 14.0. The van der Waals surface area contributed by atoms with Crippen molar-refractivity contribution in [2.75, 3.05) is 12.4 Å². The molecule has 4 rings (SSSR count). The standard InChI is InChI=1S/C17H21N3O2S/c1-22-11-6-7-13-15(9-11)23-17(19-13)20-16(21)14-8-10-4-2-3-5-12(10)18-14/h6-7,9-10,12,14,18H,2-5,8H2,1H3,(H,19,20,21). The highest BCUT2D eigenvalue weighted by Gasteiger charge is 2.38. The Kier molecular flexibility index (Phi) is 3.95. The summed E-state index contributed by atoms with van der Waals surface area (Å²) < 4.78 is 6.25. The van der Waals surface area contributed by atoms with Gasteiger partial charge in [-0.2, -0.15) is 0 Å². The molecular formula is C17H21N3O2S. The second-order valence-corrected chi connectivity index (χ2v) is 7.48. The normalized spacial score (nSPS) is 26.9. The summed E-state index contributed by atoms with van der Waals surface area (Å²) >= 11 is 1.49. The summed E-state index contributed by atoms with van der Waals surface area (Å²) in [6, 6.07) is 6.20. The minimum absolute atomic E-state index is 0.0467. The van der Waals surface area contributed by atoms with E-state index in [0.717, 1.165) is 22.4 Å². The van der Waals surface area contributed by atoms with Crippen molar-refractivity contribution in [3.05, 3.63) is 18.2 Å². The number of nitrogens with one attached hydrogen (secondary N) is 2. The van der Waals surface area contributed by atoms with Crippen LogP contribution in [-0.4, -0.2) is 30.1 Å². The van der Waals surface area contributed by atoms with Gasteiger partial charge in [-0.3, -0.25) is 4.79 Å². The molecule has 5 nitrogen and oxygen atoms in total. The van der Waals surface area contributed by atoms with Crippen LogP contribution in [0.4, 0.5) is 5.13 Å². The number of anilines is 1. The van der Waals surface area contributed by atoms with E-state index in [4.69, 9.17) is 4.74 Å². The molecule has 1 saturated heterocycles. The van der Waals surface area contributed by atoms with Gasteiger partial charge >= 0.3 is 0 Å². The number of aromatic nitrogens is 1. The topological polar surface area (TPSA) is 63.2 Å². The van der Waals surface area contributed by atoms with Gasteiger partial charge in [-0.25, -0.2) is 4.98 Å². The van der Waals surface area contributed by atoms with Gasteiger partial charge in [0.2, 0.25) is 5.91 Å². The van der Waals surface area contributed by atoms with Crippen LogP contribution < -0.4 is 15.4 Å². The van der Waals surface area contributed by atoms with Crippen LogP contribution in [0.25, 0.3) is 10.2 Å². The number of methoxy groups -OCH3 is 1. The van der Waals surface area contributed by atoms with Crippen LogP contribution in [0.1, 0.15) is 32.1 Å². The average Bonchev–Trinajstić information content (AvgIpc) is 3.17. The maximum Gasteiger partial charge on any atom is 0.243 e. The van der Waals surface area contributed by atoms with E-state index < -0.39 is 0 Å². The van der Waals surface area contributed by atoms with Crippen molar-refractivity contribution in [2.24, 2.45) is 5.92 Å². The third-order valence-corrected chi connectivity index (χ3v) is 5.94. The lowest BCUT2D eigenvalue weighted by atomic mass is 9.85. The summed E-state index contributed by atoms with van der Waals surface area (Å²) in [4.78, 5) is 17.0. The van der Waals surface area contributed by atoms with Crippen LogP contribution in [0.5, 0.6) is 5.75 Å². The molecule has 3 atom stereocenters. The molecular weight excluding hydrogens is 310 g/mol. The number of thiazole rings is 1. The summed E-state index contributed by atoms with van der Waals surface area (Å²) in [6.07, 6.45) is 5.99. The third-order valence-electron chi connectivity index (χ3n) is 5.01. The number of rotatable bonds is 3. The molecule has 6 heteroatoms. The second kappa shape index (κ2) is 6.09. The van der Waals surface area contributed by atoms with Gasteiger partial charge in [0.25, 0.3) is 0 Å². The molecule has 2 fully saturated rings. The molecule has 2 aromatic rings. The molecule has 0 spiro atoms. The minimum atomic E-state index is -0.0790. The van der Waals surface area contributed by atoms with E-state index >= 15 is 0 Å². The van der Waals surface area contributed by atoms with E-state index in [2.05, 4.69) is 15.6 Å². The molecule has 122 valence electrons. The Bertz CT molecular complexity index is 716. The molecule has 2 N–H and O–H groups in total. The zero-order chi connectivity index (χ0) is 15.8. The number of ether oxygens (including phenoxy) is 1. The molecule has 0 bridgehead atoms. The number of amides is 1. The van der Waals surface area contributed by atoms with E-state index in [0.29, 0.717) is 17.1 Å². The Balaban J connectivity index is 1.46. The molecule has 0 radical (unpaired) electrons. The minimum Gasteiger partial charge on any atom is -0.497 e. The smallest absolute Gasteiger partial charge is 0.243 e. The highest BCUT2D eigenvalue weighted by atomic mass is 32.1. The van der Waals surface area contributed by atoms with Gasteiger partial charge in [0.05, 0.1) is 23.4 Å². The fourth-order valence-corrected chi connectivity index (χ4v) is 4.70. The zero-order valence-electron chi connectivity index (χ0n) is 13.2. The predicted molar refractivity (Wildman–Crippen MR) is 92.1 cm³/mol. The largest absolute Gasteiger partial charge is 0.497 e. The van der Waals surface area contributed by atoms with Crippen LogP contribution in [0, 0.1) is 5.92 Å². The molecule has 2 heterocycles. The number of carbonyl (C=O) groups is 1. The Morgan fingerprint density at radius 1 is 1.39 bits per heavy atom. The Hall–Kier alpha value is -1.66.